The van der Waals surface area contributed by atoms with Crippen molar-refractivity contribution in [2.24, 2.45) is 10.9 Å². The van der Waals surface area contributed by atoms with Crippen molar-refractivity contribution in [3.63, 3.8) is 0 Å². The normalized spacial score (nSPS) is 14.2. The van der Waals surface area contributed by atoms with E-state index in [-0.39, 0.29) is 5.82 Å². The molecule has 0 unspecified atom stereocenters. The summed E-state index contributed by atoms with van der Waals surface area (Å²) in [6, 6.07) is 9.58. The zero-order valence-electron chi connectivity index (χ0n) is 14.3. The molecule has 1 aliphatic carbocycles. The molecule has 0 spiro atoms. The monoisotopic (exact) mass is 342 g/mol. The van der Waals surface area contributed by atoms with Crippen LogP contribution in [0.1, 0.15) is 25.3 Å². The molecule has 0 amide bonds. The number of halogens is 1. The maximum absolute atomic E-state index is 12.9. The molecule has 2 aromatic rings. The number of aliphatic imine (C=N–C) groups is 1. The molecular formula is C19H23FN4O. The quantitative estimate of drug-likeness (QED) is 0.597. The lowest BCUT2D eigenvalue weighted by Crippen LogP contribution is -2.38. The van der Waals surface area contributed by atoms with Gasteiger partial charge in [-0.1, -0.05) is 6.07 Å². The van der Waals surface area contributed by atoms with Crippen LogP contribution < -0.4 is 15.4 Å². The molecule has 3 rings (SSSR count). The zero-order valence-corrected chi connectivity index (χ0v) is 14.3. The van der Waals surface area contributed by atoms with E-state index < -0.39 is 0 Å². The van der Waals surface area contributed by atoms with Gasteiger partial charge in [0.15, 0.2) is 5.96 Å². The van der Waals surface area contributed by atoms with Gasteiger partial charge in [-0.3, -0.25) is 0 Å². The highest BCUT2D eigenvalue weighted by Crippen LogP contribution is 2.27. The fraction of sp³-hybridized carbons (Fsp3) is 0.368. The summed E-state index contributed by atoms with van der Waals surface area (Å²) in [5.41, 5.74) is 0.995. The molecule has 2 N–H and O–H groups in total. The highest BCUT2D eigenvalue weighted by molar-refractivity contribution is 5.79. The van der Waals surface area contributed by atoms with Crippen LogP contribution in [-0.2, 0) is 6.54 Å². The van der Waals surface area contributed by atoms with E-state index in [0.717, 1.165) is 30.5 Å². The van der Waals surface area contributed by atoms with Crippen LogP contribution in [-0.4, -0.2) is 24.0 Å². The Hall–Kier alpha value is -2.63. The van der Waals surface area contributed by atoms with E-state index in [9.17, 15) is 4.39 Å². The summed E-state index contributed by atoms with van der Waals surface area (Å²) in [4.78, 5) is 8.86. The van der Waals surface area contributed by atoms with Gasteiger partial charge in [0.25, 0.3) is 0 Å². The Labute approximate surface area is 147 Å². The summed E-state index contributed by atoms with van der Waals surface area (Å²) < 4.78 is 18.5. The third-order valence-electron chi connectivity index (χ3n) is 3.85. The van der Waals surface area contributed by atoms with Gasteiger partial charge in [-0.25, -0.2) is 14.4 Å². The summed E-state index contributed by atoms with van der Waals surface area (Å²) in [5.74, 6) is 2.37. The number of nitrogens with one attached hydrogen (secondary N) is 2. The number of guanidine groups is 1. The lowest BCUT2D eigenvalue weighted by molar-refractivity contribution is 0.461. The van der Waals surface area contributed by atoms with Crippen LogP contribution in [0.5, 0.6) is 11.6 Å². The second-order valence-corrected chi connectivity index (χ2v) is 6.08. The van der Waals surface area contributed by atoms with Gasteiger partial charge in [0.2, 0.25) is 5.88 Å². The van der Waals surface area contributed by atoms with Crippen molar-refractivity contribution in [1.29, 1.82) is 0 Å². The van der Waals surface area contributed by atoms with Crippen LogP contribution >= 0.6 is 0 Å². The van der Waals surface area contributed by atoms with E-state index in [1.165, 1.54) is 25.0 Å². The Morgan fingerprint density at radius 2 is 2.00 bits per heavy atom. The number of hydrogen-bond donors (Lipinski definition) is 2. The van der Waals surface area contributed by atoms with Gasteiger partial charge >= 0.3 is 0 Å². The molecule has 0 saturated heterocycles. The topological polar surface area (TPSA) is 58.5 Å². The molecule has 25 heavy (non-hydrogen) atoms. The molecule has 5 nitrogen and oxygen atoms in total. The summed E-state index contributed by atoms with van der Waals surface area (Å²) in [6.45, 7) is 4.41. The van der Waals surface area contributed by atoms with Crippen LogP contribution in [0.3, 0.4) is 0 Å². The van der Waals surface area contributed by atoms with E-state index in [1.807, 2.05) is 6.07 Å². The molecule has 0 aliphatic heterocycles. The molecule has 132 valence electrons. The van der Waals surface area contributed by atoms with Gasteiger partial charge in [0, 0.05) is 25.4 Å². The SMILES string of the molecule is CCNC(=NCc1ccc(Oc2ccc(F)cc2)nc1)NCC1CC1. The van der Waals surface area contributed by atoms with Crippen LogP contribution in [0.25, 0.3) is 0 Å². The van der Waals surface area contributed by atoms with Crippen LogP contribution in [0, 0.1) is 11.7 Å². The highest BCUT2D eigenvalue weighted by atomic mass is 19.1. The first kappa shape index (κ1) is 17.2. The highest BCUT2D eigenvalue weighted by Gasteiger charge is 2.20. The minimum Gasteiger partial charge on any atom is -0.439 e. The Morgan fingerprint density at radius 1 is 1.20 bits per heavy atom. The smallest absolute Gasteiger partial charge is 0.219 e. The minimum atomic E-state index is -0.291. The van der Waals surface area contributed by atoms with Crippen molar-refractivity contribution < 1.29 is 9.13 Å². The van der Waals surface area contributed by atoms with E-state index >= 15 is 0 Å². The van der Waals surface area contributed by atoms with Gasteiger partial charge in [-0.2, -0.15) is 0 Å². The Kier molecular flexibility index (Phi) is 5.82. The summed E-state index contributed by atoms with van der Waals surface area (Å²) in [7, 11) is 0. The number of rotatable bonds is 7. The molecule has 1 aliphatic rings. The van der Waals surface area contributed by atoms with Gasteiger partial charge < -0.3 is 15.4 Å². The third-order valence-corrected chi connectivity index (χ3v) is 3.85. The number of pyridine rings is 1. The van der Waals surface area contributed by atoms with Crippen molar-refractivity contribution >= 4 is 5.96 Å². The Balaban J connectivity index is 1.55. The van der Waals surface area contributed by atoms with Gasteiger partial charge in [0.1, 0.15) is 11.6 Å². The van der Waals surface area contributed by atoms with Gasteiger partial charge in [0.05, 0.1) is 6.54 Å². The predicted molar refractivity (Wildman–Crippen MR) is 96.3 cm³/mol. The van der Waals surface area contributed by atoms with Crippen molar-refractivity contribution in [3.05, 3.63) is 54.0 Å². The first-order valence-corrected chi connectivity index (χ1v) is 8.63. The maximum Gasteiger partial charge on any atom is 0.219 e. The van der Waals surface area contributed by atoms with E-state index in [2.05, 4.69) is 27.5 Å². The molecule has 1 saturated carbocycles. The first-order chi connectivity index (χ1) is 12.2. The minimum absolute atomic E-state index is 0.291. The second-order valence-electron chi connectivity index (χ2n) is 6.08. The molecular weight excluding hydrogens is 319 g/mol. The molecule has 1 fully saturated rings. The third kappa shape index (κ3) is 5.74. The molecule has 0 bridgehead atoms. The van der Waals surface area contributed by atoms with Crippen LogP contribution in [0.2, 0.25) is 0 Å². The molecule has 0 atom stereocenters. The second kappa shape index (κ2) is 8.46. The van der Waals surface area contributed by atoms with E-state index in [0.29, 0.717) is 18.2 Å². The van der Waals surface area contributed by atoms with Crippen LogP contribution in [0.15, 0.2) is 47.6 Å². The summed E-state index contributed by atoms with van der Waals surface area (Å²) in [6.07, 6.45) is 4.37. The Morgan fingerprint density at radius 3 is 2.64 bits per heavy atom. The number of hydrogen-bond acceptors (Lipinski definition) is 3. The van der Waals surface area contributed by atoms with Gasteiger partial charge in [-0.05, 0) is 55.5 Å². The van der Waals surface area contributed by atoms with E-state index in [1.54, 1.807) is 24.4 Å². The van der Waals surface area contributed by atoms with Crippen molar-refractivity contribution in [1.82, 2.24) is 15.6 Å². The number of aromatic nitrogens is 1. The van der Waals surface area contributed by atoms with Crippen molar-refractivity contribution in [3.8, 4) is 11.6 Å². The fourth-order valence-electron chi connectivity index (χ4n) is 2.26. The number of ether oxygens (including phenoxy) is 1. The Bertz CT molecular complexity index is 696. The first-order valence-electron chi connectivity index (χ1n) is 8.63. The predicted octanol–water partition coefficient (Wildman–Crippen LogP) is 3.48. The zero-order chi connectivity index (χ0) is 17.5. The van der Waals surface area contributed by atoms with Crippen molar-refractivity contribution in [2.75, 3.05) is 13.1 Å². The summed E-state index contributed by atoms with van der Waals surface area (Å²) >= 11 is 0. The largest absolute Gasteiger partial charge is 0.439 e. The maximum atomic E-state index is 12.9. The molecule has 6 heteroatoms. The average Bonchev–Trinajstić information content (AvgIpc) is 3.45. The van der Waals surface area contributed by atoms with Crippen molar-refractivity contribution in [2.45, 2.75) is 26.3 Å². The number of benzene rings is 1. The molecule has 1 aromatic heterocycles. The number of nitrogens with zero attached hydrogens (tertiary/aromatic N) is 2. The van der Waals surface area contributed by atoms with E-state index in [4.69, 9.17) is 4.74 Å². The summed E-state index contributed by atoms with van der Waals surface area (Å²) in [5, 5.41) is 6.61. The average molecular weight is 342 g/mol. The van der Waals surface area contributed by atoms with Gasteiger partial charge in [-0.15, -0.1) is 0 Å². The standard InChI is InChI=1S/C19H23FN4O/c1-2-21-19(23-11-14-3-4-14)24-13-15-5-10-18(22-12-15)25-17-8-6-16(20)7-9-17/h5-10,12,14H,2-4,11,13H2,1H3,(H2,21,23,24). The fourth-order valence-corrected chi connectivity index (χ4v) is 2.26. The lowest BCUT2D eigenvalue weighted by atomic mass is 10.3. The molecule has 1 heterocycles. The lowest BCUT2D eigenvalue weighted by Gasteiger charge is -2.10. The molecule has 0 radical (unpaired) electrons. The van der Waals surface area contributed by atoms with Crippen LogP contribution in [0.4, 0.5) is 4.39 Å². The molecule has 1 aromatic carbocycles.